The summed E-state index contributed by atoms with van der Waals surface area (Å²) in [6.07, 6.45) is 0. The highest BCUT2D eigenvalue weighted by Gasteiger charge is 2.08. The standard InChI is InChI=1S/C16H15ClN2/c1-12-5-3-4-6-14(12)11-19(2)16-8-7-13(10-18)9-15(16)17/h3-9H,11H2,1-2H3. The van der Waals surface area contributed by atoms with Crippen LogP contribution in [0.15, 0.2) is 42.5 Å². The summed E-state index contributed by atoms with van der Waals surface area (Å²) in [6, 6.07) is 15.8. The van der Waals surface area contributed by atoms with Crippen molar-refractivity contribution in [3.63, 3.8) is 0 Å². The number of nitrogens with zero attached hydrogens (tertiary/aromatic N) is 2. The minimum Gasteiger partial charge on any atom is -0.369 e. The molecule has 0 bridgehead atoms. The molecule has 0 aliphatic rings. The molecule has 19 heavy (non-hydrogen) atoms. The van der Waals surface area contributed by atoms with Crippen molar-refractivity contribution < 1.29 is 0 Å². The molecular weight excluding hydrogens is 256 g/mol. The molecule has 0 saturated heterocycles. The van der Waals surface area contributed by atoms with Crippen molar-refractivity contribution in [2.45, 2.75) is 13.5 Å². The topological polar surface area (TPSA) is 27.0 Å². The maximum Gasteiger partial charge on any atom is 0.0992 e. The Kier molecular flexibility index (Phi) is 4.09. The predicted molar refractivity (Wildman–Crippen MR) is 79.5 cm³/mol. The number of benzene rings is 2. The van der Waals surface area contributed by atoms with Crippen molar-refractivity contribution in [2.24, 2.45) is 0 Å². The van der Waals surface area contributed by atoms with Gasteiger partial charge in [-0.15, -0.1) is 0 Å². The third-order valence-corrected chi connectivity index (χ3v) is 3.46. The van der Waals surface area contributed by atoms with Crippen molar-refractivity contribution in [2.75, 3.05) is 11.9 Å². The second kappa shape index (κ2) is 5.77. The largest absolute Gasteiger partial charge is 0.369 e. The molecule has 2 nitrogen and oxygen atoms in total. The van der Waals surface area contributed by atoms with Crippen LogP contribution in [-0.2, 0) is 6.54 Å². The molecule has 0 amide bonds. The van der Waals surface area contributed by atoms with Gasteiger partial charge in [0.15, 0.2) is 0 Å². The Morgan fingerprint density at radius 3 is 2.58 bits per heavy atom. The third kappa shape index (κ3) is 3.07. The van der Waals surface area contributed by atoms with E-state index in [4.69, 9.17) is 16.9 Å². The van der Waals surface area contributed by atoms with E-state index in [1.54, 1.807) is 12.1 Å². The fraction of sp³-hybridized carbons (Fsp3) is 0.188. The van der Waals surface area contributed by atoms with Gasteiger partial charge in [0.25, 0.3) is 0 Å². The van der Waals surface area contributed by atoms with E-state index in [-0.39, 0.29) is 0 Å². The Balaban J connectivity index is 2.24. The van der Waals surface area contributed by atoms with Gasteiger partial charge in [-0.05, 0) is 36.2 Å². The highest BCUT2D eigenvalue weighted by atomic mass is 35.5. The number of rotatable bonds is 3. The van der Waals surface area contributed by atoms with Gasteiger partial charge in [-0.3, -0.25) is 0 Å². The zero-order chi connectivity index (χ0) is 13.8. The molecule has 0 atom stereocenters. The van der Waals surface area contributed by atoms with Gasteiger partial charge in [-0.2, -0.15) is 5.26 Å². The summed E-state index contributed by atoms with van der Waals surface area (Å²) < 4.78 is 0. The van der Waals surface area contributed by atoms with Gasteiger partial charge in [-0.25, -0.2) is 0 Å². The summed E-state index contributed by atoms with van der Waals surface area (Å²) in [5.74, 6) is 0. The Bertz CT molecular complexity index is 629. The number of anilines is 1. The van der Waals surface area contributed by atoms with Gasteiger partial charge >= 0.3 is 0 Å². The SMILES string of the molecule is Cc1ccccc1CN(C)c1ccc(C#N)cc1Cl. The lowest BCUT2D eigenvalue weighted by Gasteiger charge is -2.21. The van der Waals surface area contributed by atoms with E-state index in [2.05, 4.69) is 30.0 Å². The van der Waals surface area contributed by atoms with Gasteiger partial charge in [-0.1, -0.05) is 35.9 Å². The molecular formula is C16H15ClN2. The number of halogens is 1. The average molecular weight is 271 g/mol. The molecule has 2 aromatic carbocycles. The van der Waals surface area contributed by atoms with Crippen LogP contribution in [0.4, 0.5) is 5.69 Å². The van der Waals surface area contributed by atoms with Crippen molar-refractivity contribution in [1.29, 1.82) is 5.26 Å². The molecule has 0 unspecified atom stereocenters. The van der Waals surface area contributed by atoms with E-state index >= 15 is 0 Å². The summed E-state index contributed by atoms with van der Waals surface area (Å²) in [5.41, 5.74) is 4.05. The van der Waals surface area contributed by atoms with Gasteiger partial charge < -0.3 is 4.90 Å². The fourth-order valence-electron chi connectivity index (χ4n) is 2.01. The molecule has 2 aromatic rings. The number of hydrogen-bond donors (Lipinski definition) is 0. The van der Waals surface area contributed by atoms with Crippen LogP contribution >= 0.6 is 11.6 Å². The zero-order valence-corrected chi connectivity index (χ0v) is 11.8. The lowest BCUT2D eigenvalue weighted by Crippen LogP contribution is -2.17. The van der Waals surface area contributed by atoms with Crippen LogP contribution in [0.3, 0.4) is 0 Å². The minimum atomic E-state index is 0.582. The van der Waals surface area contributed by atoms with Gasteiger partial charge in [0, 0.05) is 13.6 Å². The first-order valence-electron chi connectivity index (χ1n) is 6.07. The van der Waals surface area contributed by atoms with Gasteiger partial charge in [0.2, 0.25) is 0 Å². The molecule has 3 heteroatoms. The van der Waals surface area contributed by atoms with Crippen LogP contribution in [0, 0.1) is 18.3 Å². The first kappa shape index (κ1) is 13.5. The summed E-state index contributed by atoms with van der Waals surface area (Å²) >= 11 is 6.22. The number of nitriles is 1. The van der Waals surface area contributed by atoms with Crippen LogP contribution < -0.4 is 4.90 Å². The zero-order valence-electron chi connectivity index (χ0n) is 11.0. The molecule has 0 aromatic heterocycles. The molecule has 0 spiro atoms. The number of hydrogen-bond acceptors (Lipinski definition) is 2. The Hall–Kier alpha value is -1.98. The molecule has 0 fully saturated rings. The Labute approximate surface area is 118 Å². The van der Waals surface area contributed by atoms with E-state index in [0.717, 1.165) is 12.2 Å². The molecule has 0 N–H and O–H groups in total. The highest BCUT2D eigenvalue weighted by molar-refractivity contribution is 6.33. The Morgan fingerprint density at radius 1 is 1.21 bits per heavy atom. The maximum atomic E-state index is 8.84. The van der Waals surface area contributed by atoms with Crippen LogP contribution in [0.5, 0.6) is 0 Å². The van der Waals surface area contributed by atoms with Gasteiger partial charge in [0.05, 0.1) is 22.3 Å². The normalized spacial score (nSPS) is 10.0. The monoisotopic (exact) mass is 270 g/mol. The van der Waals surface area contributed by atoms with Crippen molar-refractivity contribution in [3.8, 4) is 6.07 Å². The lowest BCUT2D eigenvalue weighted by atomic mass is 10.1. The van der Waals surface area contributed by atoms with E-state index in [1.807, 2.05) is 25.2 Å². The second-order valence-corrected chi connectivity index (χ2v) is 4.97. The maximum absolute atomic E-state index is 8.84. The molecule has 2 rings (SSSR count). The summed E-state index contributed by atoms with van der Waals surface area (Å²) in [6.45, 7) is 2.89. The lowest BCUT2D eigenvalue weighted by molar-refractivity contribution is 0.914. The van der Waals surface area contributed by atoms with E-state index in [1.165, 1.54) is 11.1 Å². The van der Waals surface area contributed by atoms with Crippen LogP contribution in [0.2, 0.25) is 5.02 Å². The quantitative estimate of drug-likeness (QED) is 0.837. The molecule has 96 valence electrons. The fourth-order valence-corrected chi connectivity index (χ4v) is 2.34. The van der Waals surface area contributed by atoms with E-state index in [0.29, 0.717) is 10.6 Å². The molecule has 0 heterocycles. The Morgan fingerprint density at radius 2 is 1.95 bits per heavy atom. The second-order valence-electron chi connectivity index (χ2n) is 4.56. The third-order valence-electron chi connectivity index (χ3n) is 3.16. The van der Waals surface area contributed by atoms with Crippen molar-refractivity contribution in [3.05, 3.63) is 64.2 Å². The predicted octanol–water partition coefficient (Wildman–Crippen LogP) is 4.16. The van der Waals surface area contributed by atoms with Crippen molar-refractivity contribution >= 4 is 17.3 Å². The van der Waals surface area contributed by atoms with E-state index < -0.39 is 0 Å². The first-order chi connectivity index (χ1) is 9.11. The summed E-state index contributed by atoms with van der Waals surface area (Å²) in [4.78, 5) is 2.09. The minimum absolute atomic E-state index is 0.582. The smallest absolute Gasteiger partial charge is 0.0992 e. The summed E-state index contributed by atoms with van der Waals surface area (Å²) in [7, 11) is 2.00. The van der Waals surface area contributed by atoms with Crippen LogP contribution in [0.1, 0.15) is 16.7 Å². The van der Waals surface area contributed by atoms with Crippen LogP contribution in [0.25, 0.3) is 0 Å². The highest BCUT2D eigenvalue weighted by Crippen LogP contribution is 2.27. The van der Waals surface area contributed by atoms with Gasteiger partial charge in [0.1, 0.15) is 0 Å². The molecule has 0 radical (unpaired) electrons. The summed E-state index contributed by atoms with van der Waals surface area (Å²) in [5, 5.41) is 9.45. The molecule has 0 aliphatic carbocycles. The van der Waals surface area contributed by atoms with Crippen LogP contribution in [-0.4, -0.2) is 7.05 Å². The van der Waals surface area contributed by atoms with E-state index in [9.17, 15) is 0 Å². The van der Waals surface area contributed by atoms with Crippen molar-refractivity contribution in [1.82, 2.24) is 0 Å². The molecule has 0 aliphatic heterocycles. The average Bonchev–Trinajstić information content (AvgIpc) is 2.41. The molecule has 0 saturated carbocycles. The number of aryl methyl sites for hydroxylation is 1. The first-order valence-corrected chi connectivity index (χ1v) is 6.45.